The molecule has 2 N–H and O–H groups in total. The minimum Gasteiger partial charge on any atom is -0.394 e. The van der Waals surface area contributed by atoms with Gasteiger partial charge in [0.15, 0.2) is 0 Å². The minimum absolute atomic E-state index is 0.0178. The second-order valence-corrected chi connectivity index (χ2v) is 3.31. The molecule has 0 aliphatic carbocycles. The zero-order valence-electron chi connectivity index (χ0n) is 7.43. The molecular formula is C8H18N2O. The molecule has 0 amide bonds. The SMILES string of the molecule is CCN1CCC(CO)(NC)C1. The van der Waals surface area contributed by atoms with Crippen LogP contribution < -0.4 is 5.32 Å². The lowest BCUT2D eigenvalue weighted by Crippen LogP contribution is -2.48. The first kappa shape index (κ1) is 8.97. The van der Waals surface area contributed by atoms with E-state index in [1.165, 1.54) is 0 Å². The monoisotopic (exact) mass is 158 g/mol. The highest BCUT2D eigenvalue weighted by molar-refractivity contribution is 4.95. The molecule has 11 heavy (non-hydrogen) atoms. The van der Waals surface area contributed by atoms with Crippen LogP contribution in [0.2, 0.25) is 0 Å². The normalized spacial score (nSPS) is 33.0. The largest absolute Gasteiger partial charge is 0.394 e. The van der Waals surface area contributed by atoms with Crippen molar-refractivity contribution in [3.63, 3.8) is 0 Å². The second kappa shape index (κ2) is 3.52. The molecule has 0 radical (unpaired) electrons. The average Bonchev–Trinajstić information content (AvgIpc) is 2.49. The van der Waals surface area contributed by atoms with Crippen molar-refractivity contribution in [1.82, 2.24) is 10.2 Å². The molecule has 1 saturated heterocycles. The summed E-state index contributed by atoms with van der Waals surface area (Å²) in [5, 5.41) is 12.3. The molecule has 66 valence electrons. The van der Waals surface area contributed by atoms with E-state index < -0.39 is 0 Å². The third-order valence-electron chi connectivity index (χ3n) is 2.71. The van der Waals surface area contributed by atoms with Crippen LogP contribution in [-0.2, 0) is 0 Å². The zero-order chi connectivity index (χ0) is 8.32. The molecule has 0 saturated carbocycles. The van der Waals surface area contributed by atoms with Gasteiger partial charge in [-0.15, -0.1) is 0 Å². The highest BCUT2D eigenvalue weighted by atomic mass is 16.3. The van der Waals surface area contributed by atoms with E-state index in [1.54, 1.807) is 0 Å². The first-order valence-corrected chi connectivity index (χ1v) is 4.28. The van der Waals surface area contributed by atoms with Gasteiger partial charge in [-0.3, -0.25) is 0 Å². The topological polar surface area (TPSA) is 35.5 Å². The van der Waals surface area contributed by atoms with Gasteiger partial charge in [-0.1, -0.05) is 6.92 Å². The standard InChI is InChI=1S/C8H18N2O/c1-3-10-5-4-8(6-10,7-11)9-2/h9,11H,3-7H2,1-2H3. The Morgan fingerprint density at radius 3 is 2.64 bits per heavy atom. The van der Waals surface area contributed by atoms with E-state index in [9.17, 15) is 0 Å². The van der Waals surface area contributed by atoms with Crippen molar-refractivity contribution in [2.45, 2.75) is 18.9 Å². The number of aliphatic hydroxyl groups excluding tert-OH is 1. The van der Waals surface area contributed by atoms with E-state index in [0.29, 0.717) is 0 Å². The predicted octanol–water partition coefficient (Wildman–Crippen LogP) is -0.338. The van der Waals surface area contributed by atoms with Gasteiger partial charge >= 0.3 is 0 Å². The molecule has 1 unspecified atom stereocenters. The molecule has 1 heterocycles. The number of rotatable bonds is 3. The van der Waals surface area contributed by atoms with Gasteiger partial charge in [-0.25, -0.2) is 0 Å². The van der Waals surface area contributed by atoms with Crippen LogP contribution in [0.1, 0.15) is 13.3 Å². The average molecular weight is 158 g/mol. The number of likely N-dealkylation sites (N-methyl/N-ethyl adjacent to an activating group) is 2. The maximum atomic E-state index is 9.14. The van der Waals surface area contributed by atoms with Crippen LogP contribution in [0.4, 0.5) is 0 Å². The molecule has 3 heteroatoms. The van der Waals surface area contributed by atoms with Crippen molar-refractivity contribution in [2.75, 3.05) is 33.3 Å². The maximum absolute atomic E-state index is 9.14. The summed E-state index contributed by atoms with van der Waals surface area (Å²) in [4.78, 5) is 2.35. The number of aliphatic hydroxyl groups is 1. The van der Waals surface area contributed by atoms with E-state index >= 15 is 0 Å². The highest BCUT2D eigenvalue weighted by Crippen LogP contribution is 2.19. The third-order valence-corrected chi connectivity index (χ3v) is 2.71. The van der Waals surface area contributed by atoms with Gasteiger partial charge in [0, 0.05) is 13.1 Å². The molecule has 0 aromatic heterocycles. The van der Waals surface area contributed by atoms with Crippen molar-refractivity contribution in [2.24, 2.45) is 0 Å². The fourth-order valence-corrected chi connectivity index (χ4v) is 1.64. The Labute approximate surface area is 68.4 Å². The summed E-state index contributed by atoms with van der Waals surface area (Å²) in [5.74, 6) is 0. The molecule has 1 atom stereocenters. The minimum atomic E-state index is -0.0178. The van der Waals surface area contributed by atoms with Gasteiger partial charge < -0.3 is 15.3 Å². The van der Waals surface area contributed by atoms with Crippen LogP contribution in [0.5, 0.6) is 0 Å². The Morgan fingerprint density at radius 2 is 2.36 bits per heavy atom. The Bertz CT molecular complexity index is 123. The van der Waals surface area contributed by atoms with Crippen LogP contribution >= 0.6 is 0 Å². The lowest BCUT2D eigenvalue weighted by molar-refractivity contribution is 0.169. The number of hydrogen-bond acceptors (Lipinski definition) is 3. The van der Waals surface area contributed by atoms with Gasteiger partial charge in [-0.2, -0.15) is 0 Å². The van der Waals surface area contributed by atoms with Gasteiger partial charge in [-0.05, 0) is 20.0 Å². The molecule has 1 aliphatic heterocycles. The zero-order valence-corrected chi connectivity index (χ0v) is 7.43. The molecular weight excluding hydrogens is 140 g/mol. The first-order chi connectivity index (χ1) is 5.26. The molecule has 0 aromatic rings. The lowest BCUT2D eigenvalue weighted by atomic mass is 10.0. The summed E-state index contributed by atoms with van der Waals surface area (Å²) in [6, 6.07) is 0. The number of hydrogen-bond donors (Lipinski definition) is 2. The molecule has 0 aromatic carbocycles. The maximum Gasteiger partial charge on any atom is 0.0626 e. The Kier molecular flexibility index (Phi) is 2.87. The first-order valence-electron chi connectivity index (χ1n) is 4.28. The Hall–Kier alpha value is -0.120. The van der Waals surface area contributed by atoms with E-state index in [-0.39, 0.29) is 12.1 Å². The van der Waals surface area contributed by atoms with Crippen LogP contribution in [0.15, 0.2) is 0 Å². The Morgan fingerprint density at radius 1 is 1.64 bits per heavy atom. The summed E-state index contributed by atoms with van der Waals surface area (Å²) in [6.45, 7) is 5.58. The quantitative estimate of drug-likeness (QED) is 0.590. The van der Waals surface area contributed by atoms with Gasteiger partial charge in [0.05, 0.1) is 12.1 Å². The molecule has 0 bridgehead atoms. The molecule has 3 nitrogen and oxygen atoms in total. The fraction of sp³-hybridized carbons (Fsp3) is 1.00. The predicted molar refractivity (Wildman–Crippen MR) is 45.6 cm³/mol. The molecule has 1 rings (SSSR count). The van der Waals surface area contributed by atoms with E-state index in [4.69, 9.17) is 5.11 Å². The molecule has 1 fully saturated rings. The van der Waals surface area contributed by atoms with Gasteiger partial charge in [0.25, 0.3) is 0 Å². The highest BCUT2D eigenvalue weighted by Gasteiger charge is 2.35. The van der Waals surface area contributed by atoms with E-state index in [0.717, 1.165) is 26.1 Å². The van der Waals surface area contributed by atoms with Crippen molar-refractivity contribution in [3.8, 4) is 0 Å². The van der Waals surface area contributed by atoms with Crippen LogP contribution in [0.25, 0.3) is 0 Å². The molecule has 0 spiro atoms. The van der Waals surface area contributed by atoms with Crippen molar-refractivity contribution < 1.29 is 5.11 Å². The third kappa shape index (κ3) is 1.72. The van der Waals surface area contributed by atoms with Crippen molar-refractivity contribution in [3.05, 3.63) is 0 Å². The summed E-state index contributed by atoms with van der Waals surface area (Å²) in [7, 11) is 1.93. The smallest absolute Gasteiger partial charge is 0.0626 e. The van der Waals surface area contributed by atoms with E-state index in [2.05, 4.69) is 17.1 Å². The van der Waals surface area contributed by atoms with Crippen LogP contribution in [0, 0.1) is 0 Å². The fourth-order valence-electron chi connectivity index (χ4n) is 1.64. The van der Waals surface area contributed by atoms with Crippen LogP contribution in [-0.4, -0.2) is 48.8 Å². The van der Waals surface area contributed by atoms with Gasteiger partial charge in [0.2, 0.25) is 0 Å². The lowest BCUT2D eigenvalue weighted by Gasteiger charge is -2.26. The number of likely N-dealkylation sites (tertiary alicyclic amines) is 1. The second-order valence-electron chi connectivity index (χ2n) is 3.31. The van der Waals surface area contributed by atoms with Crippen molar-refractivity contribution in [1.29, 1.82) is 0 Å². The Balaban J connectivity index is 2.48. The summed E-state index contributed by atoms with van der Waals surface area (Å²) >= 11 is 0. The van der Waals surface area contributed by atoms with Gasteiger partial charge in [0.1, 0.15) is 0 Å². The summed E-state index contributed by atoms with van der Waals surface area (Å²) in [5.41, 5.74) is -0.0178. The molecule has 1 aliphatic rings. The number of nitrogens with zero attached hydrogens (tertiary/aromatic N) is 1. The summed E-state index contributed by atoms with van der Waals surface area (Å²) < 4.78 is 0. The van der Waals surface area contributed by atoms with Crippen molar-refractivity contribution >= 4 is 0 Å². The summed E-state index contributed by atoms with van der Waals surface area (Å²) in [6.07, 6.45) is 1.06. The van der Waals surface area contributed by atoms with E-state index in [1.807, 2.05) is 7.05 Å². The number of nitrogens with one attached hydrogen (secondary N) is 1. The van der Waals surface area contributed by atoms with Crippen LogP contribution in [0.3, 0.4) is 0 Å².